The minimum absolute atomic E-state index is 0.282. The Bertz CT molecular complexity index is 1420. The molecule has 5 rings (SSSR count). The van der Waals surface area contributed by atoms with Crippen LogP contribution in [0.5, 0.6) is 0 Å². The predicted octanol–water partition coefficient (Wildman–Crippen LogP) is 2.85. The summed E-state index contributed by atoms with van der Waals surface area (Å²) in [5.74, 6) is 0.398. The molecule has 8 heteroatoms. The molecule has 0 bridgehead atoms. The van der Waals surface area contributed by atoms with E-state index in [0.29, 0.717) is 28.5 Å². The lowest BCUT2D eigenvalue weighted by Crippen LogP contribution is -2.41. The number of aromatic nitrogens is 5. The summed E-state index contributed by atoms with van der Waals surface area (Å²) in [5, 5.41) is 0. The van der Waals surface area contributed by atoms with Gasteiger partial charge >= 0.3 is 5.69 Å². The molecule has 160 valence electrons. The number of imidazole rings is 2. The summed E-state index contributed by atoms with van der Waals surface area (Å²) in [6.07, 6.45) is 7.70. The molecule has 3 heterocycles. The highest BCUT2D eigenvalue weighted by Crippen LogP contribution is 2.31. The van der Waals surface area contributed by atoms with Gasteiger partial charge in [-0.15, -0.1) is 0 Å². The van der Waals surface area contributed by atoms with Crippen molar-refractivity contribution in [2.75, 3.05) is 0 Å². The molecule has 0 radical (unpaired) electrons. The lowest BCUT2D eigenvalue weighted by atomic mass is 9.95. The zero-order valence-corrected chi connectivity index (χ0v) is 17.7. The number of carbonyl (C=O) groups is 1. The minimum atomic E-state index is -0.538. The SMILES string of the molecule is Cc1cn2c3c(=O)n(CC(=O)c4ccccc4)c(=O)n(C)c3nc2n1C1CCCCC1. The van der Waals surface area contributed by atoms with Crippen LogP contribution in [0.4, 0.5) is 0 Å². The predicted molar refractivity (Wildman–Crippen MR) is 118 cm³/mol. The van der Waals surface area contributed by atoms with Gasteiger partial charge in [-0.3, -0.25) is 23.1 Å². The van der Waals surface area contributed by atoms with E-state index in [1.165, 1.54) is 23.8 Å². The number of benzene rings is 1. The van der Waals surface area contributed by atoms with E-state index in [0.717, 1.165) is 23.1 Å². The fraction of sp³-hybridized carbons (Fsp3) is 0.391. The Morgan fingerprint density at radius 3 is 2.52 bits per heavy atom. The largest absolute Gasteiger partial charge is 0.332 e. The Kier molecular flexibility index (Phi) is 4.64. The van der Waals surface area contributed by atoms with Crippen LogP contribution >= 0.6 is 0 Å². The third-order valence-electron chi connectivity index (χ3n) is 6.41. The lowest BCUT2D eigenvalue weighted by Gasteiger charge is -2.24. The van der Waals surface area contributed by atoms with Gasteiger partial charge in [-0.25, -0.2) is 4.79 Å². The molecule has 1 aromatic carbocycles. The Morgan fingerprint density at radius 1 is 1.10 bits per heavy atom. The molecule has 0 spiro atoms. The van der Waals surface area contributed by atoms with Crippen molar-refractivity contribution in [2.45, 2.75) is 51.6 Å². The van der Waals surface area contributed by atoms with E-state index in [9.17, 15) is 14.4 Å². The van der Waals surface area contributed by atoms with Crippen molar-refractivity contribution in [1.29, 1.82) is 0 Å². The summed E-state index contributed by atoms with van der Waals surface area (Å²) < 4.78 is 6.36. The van der Waals surface area contributed by atoms with Crippen LogP contribution in [-0.2, 0) is 13.6 Å². The maximum atomic E-state index is 13.4. The number of hydrogen-bond donors (Lipinski definition) is 0. The molecular formula is C23H25N5O3. The van der Waals surface area contributed by atoms with Crippen LogP contribution in [0.15, 0.2) is 46.1 Å². The molecule has 1 aliphatic rings. The molecule has 1 aliphatic carbocycles. The Morgan fingerprint density at radius 2 is 1.81 bits per heavy atom. The number of hydrogen-bond acceptors (Lipinski definition) is 4. The zero-order chi connectivity index (χ0) is 21.7. The molecule has 8 nitrogen and oxygen atoms in total. The quantitative estimate of drug-likeness (QED) is 0.476. The van der Waals surface area contributed by atoms with Crippen molar-refractivity contribution in [3.8, 4) is 0 Å². The van der Waals surface area contributed by atoms with Crippen molar-refractivity contribution >= 4 is 22.7 Å². The number of fused-ring (bicyclic) bond motifs is 3. The standard InChI is InChI=1S/C23H25N5O3/c1-15-13-26-19-20(24-22(26)28(15)17-11-7-4-8-12-17)25(2)23(31)27(21(19)30)14-18(29)16-9-5-3-6-10-16/h3,5-6,9-10,13,17H,4,7-8,11-12,14H2,1-2H3. The van der Waals surface area contributed by atoms with Crippen molar-refractivity contribution in [2.24, 2.45) is 7.05 Å². The van der Waals surface area contributed by atoms with Gasteiger partial charge < -0.3 is 4.57 Å². The van der Waals surface area contributed by atoms with E-state index in [1.54, 1.807) is 35.7 Å². The zero-order valence-electron chi connectivity index (χ0n) is 17.7. The first-order valence-corrected chi connectivity index (χ1v) is 10.7. The van der Waals surface area contributed by atoms with E-state index in [2.05, 4.69) is 4.57 Å². The summed E-state index contributed by atoms with van der Waals surface area (Å²) in [5.41, 5.74) is 1.15. The average molecular weight is 419 g/mol. The highest BCUT2D eigenvalue weighted by atomic mass is 16.2. The summed E-state index contributed by atoms with van der Waals surface area (Å²) in [7, 11) is 1.60. The van der Waals surface area contributed by atoms with Crippen LogP contribution in [-0.4, -0.2) is 28.9 Å². The van der Waals surface area contributed by atoms with E-state index in [4.69, 9.17) is 4.98 Å². The van der Waals surface area contributed by atoms with E-state index in [-0.39, 0.29) is 12.3 Å². The van der Waals surface area contributed by atoms with Crippen molar-refractivity contribution < 1.29 is 4.79 Å². The maximum Gasteiger partial charge on any atom is 0.332 e. The highest BCUT2D eigenvalue weighted by Gasteiger charge is 2.25. The number of ketones is 1. The number of rotatable bonds is 4. The number of Topliss-reactive ketones (excluding diaryl/α,β-unsaturated/α-hetero) is 1. The number of nitrogens with zero attached hydrogens (tertiary/aromatic N) is 5. The smallest absolute Gasteiger partial charge is 0.311 e. The molecule has 1 saturated carbocycles. The lowest BCUT2D eigenvalue weighted by molar-refractivity contribution is 0.0969. The Balaban J connectivity index is 1.69. The van der Waals surface area contributed by atoms with Gasteiger partial charge in [0.05, 0.1) is 6.54 Å². The van der Waals surface area contributed by atoms with Crippen molar-refractivity contribution in [1.82, 2.24) is 23.1 Å². The van der Waals surface area contributed by atoms with E-state index in [1.807, 2.05) is 19.2 Å². The van der Waals surface area contributed by atoms with Crippen molar-refractivity contribution in [3.05, 3.63) is 68.6 Å². The summed E-state index contributed by atoms with van der Waals surface area (Å²) in [6.45, 7) is 1.72. The van der Waals surface area contributed by atoms with Crippen LogP contribution in [0.3, 0.4) is 0 Å². The summed E-state index contributed by atoms with van der Waals surface area (Å²) >= 11 is 0. The molecular weight excluding hydrogens is 394 g/mol. The summed E-state index contributed by atoms with van der Waals surface area (Å²) in [6, 6.07) is 9.05. The average Bonchev–Trinajstić information content (AvgIpc) is 3.30. The number of carbonyl (C=O) groups excluding carboxylic acids is 1. The second-order valence-electron chi connectivity index (χ2n) is 8.41. The van der Waals surface area contributed by atoms with Crippen LogP contribution in [0, 0.1) is 6.92 Å². The first-order valence-electron chi connectivity index (χ1n) is 10.7. The maximum absolute atomic E-state index is 13.4. The fourth-order valence-electron chi connectivity index (χ4n) is 4.82. The molecule has 0 aliphatic heterocycles. The first kappa shape index (κ1) is 19.5. The van der Waals surface area contributed by atoms with Gasteiger partial charge in [0.15, 0.2) is 16.9 Å². The molecule has 0 unspecified atom stereocenters. The van der Waals surface area contributed by atoms with Gasteiger partial charge in [-0.1, -0.05) is 49.6 Å². The van der Waals surface area contributed by atoms with Crippen LogP contribution in [0.1, 0.15) is 54.2 Å². The molecule has 1 fully saturated rings. The van der Waals surface area contributed by atoms with Gasteiger partial charge in [-0.2, -0.15) is 4.98 Å². The van der Waals surface area contributed by atoms with Gasteiger partial charge in [-0.05, 0) is 19.8 Å². The topological polar surface area (TPSA) is 83.3 Å². The second-order valence-corrected chi connectivity index (χ2v) is 8.41. The van der Waals surface area contributed by atoms with E-state index < -0.39 is 11.2 Å². The normalized spacial score (nSPS) is 15.2. The van der Waals surface area contributed by atoms with E-state index >= 15 is 0 Å². The number of aryl methyl sites for hydroxylation is 2. The molecule has 0 N–H and O–H groups in total. The van der Waals surface area contributed by atoms with Gasteiger partial charge in [0.2, 0.25) is 5.78 Å². The Labute approximate surface area is 178 Å². The molecule has 4 aromatic rings. The highest BCUT2D eigenvalue weighted by molar-refractivity contribution is 5.95. The third kappa shape index (κ3) is 3.05. The molecule has 31 heavy (non-hydrogen) atoms. The molecule has 3 aromatic heterocycles. The van der Waals surface area contributed by atoms with Gasteiger partial charge in [0.25, 0.3) is 5.56 Å². The van der Waals surface area contributed by atoms with Crippen LogP contribution in [0.25, 0.3) is 16.9 Å². The van der Waals surface area contributed by atoms with Gasteiger partial charge in [0.1, 0.15) is 0 Å². The van der Waals surface area contributed by atoms with Crippen LogP contribution < -0.4 is 11.2 Å². The Hall–Kier alpha value is -3.42. The molecule has 0 saturated heterocycles. The minimum Gasteiger partial charge on any atom is -0.311 e. The molecule has 0 amide bonds. The first-order chi connectivity index (χ1) is 15.0. The third-order valence-corrected chi connectivity index (χ3v) is 6.41. The van der Waals surface area contributed by atoms with Gasteiger partial charge in [0, 0.05) is 30.5 Å². The fourth-order valence-corrected chi connectivity index (χ4v) is 4.82. The molecule has 0 atom stereocenters. The second kappa shape index (κ2) is 7.37. The van der Waals surface area contributed by atoms with Crippen LogP contribution in [0.2, 0.25) is 0 Å². The van der Waals surface area contributed by atoms with Crippen molar-refractivity contribution in [3.63, 3.8) is 0 Å². The monoisotopic (exact) mass is 419 g/mol. The summed E-state index contributed by atoms with van der Waals surface area (Å²) in [4.78, 5) is 43.7.